The van der Waals surface area contributed by atoms with Crippen LogP contribution in [0.5, 0.6) is 0 Å². The molecule has 1 N–H and O–H groups in total. The average molecular weight is 393 g/mol. The molecule has 2 rings (SSSR count). The molecular weight excluding hydrogens is 356 g/mol. The molecule has 0 bridgehead atoms. The Morgan fingerprint density at radius 3 is 2.57 bits per heavy atom. The summed E-state index contributed by atoms with van der Waals surface area (Å²) in [6.45, 7) is 10.4. The first-order valence-corrected chi connectivity index (χ1v) is 9.91. The third kappa shape index (κ3) is 5.65. The van der Waals surface area contributed by atoms with Gasteiger partial charge in [-0.25, -0.2) is 0 Å². The maximum Gasteiger partial charge on any atom is 0.183 e. The van der Waals surface area contributed by atoms with Crippen LogP contribution in [0.25, 0.3) is 0 Å². The summed E-state index contributed by atoms with van der Waals surface area (Å²) in [6.07, 6.45) is 8.86. The van der Waals surface area contributed by atoms with Crippen LogP contribution < -0.4 is 0 Å². The van der Waals surface area contributed by atoms with E-state index in [2.05, 4.69) is 19.6 Å². The molecular formula is C23H36O5. The van der Waals surface area contributed by atoms with Gasteiger partial charge in [-0.3, -0.25) is 0 Å². The molecule has 28 heavy (non-hydrogen) atoms. The van der Waals surface area contributed by atoms with Crippen LogP contribution in [-0.4, -0.2) is 50.7 Å². The minimum Gasteiger partial charge on any atom is -0.389 e. The average Bonchev–Trinajstić information content (AvgIpc) is 2.70. The third-order valence-corrected chi connectivity index (χ3v) is 5.71. The van der Waals surface area contributed by atoms with Crippen molar-refractivity contribution >= 4 is 0 Å². The van der Waals surface area contributed by atoms with Gasteiger partial charge in [0.05, 0.1) is 11.7 Å². The number of hydrogen-bond acceptors (Lipinski definition) is 5. The van der Waals surface area contributed by atoms with Gasteiger partial charge < -0.3 is 24.1 Å². The Labute approximate surface area is 169 Å². The van der Waals surface area contributed by atoms with E-state index in [0.717, 1.165) is 24.0 Å². The summed E-state index contributed by atoms with van der Waals surface area (Å²) in [6, 6.07) is 0. The van der Waals surface area contributed by atoms with Gasteiger partial charge in [0.15, 0.2) is 12.6 Å². The number of ether oxygens (including phenoxy) is 4. The molecule has 2 aliphatic rings. The molecule has 0 unspecified atom stereocenters. The van der Waals surface area contributed by atoms with Crippen molar-refractivity contribution in [2.45, 2.75) is 64.3 Å². The van der Waals surface area contributed by atoms with Crippen LogP contribution in [0.15, 0.2) is 47.6 Å². The Bertz CT molecular complexity index is 631. The fourth-order valence-electron chi connectivity index (χ4n) is 3.99. The van der Waals surface area contributed by atoms with Crippen LogP contribution in [0.2, 0.25) is 0 Å². The third-order valence-electron chi connectivity index (χ3n) is 5.71. The van der Waals surface area contributed by atoms with Crippen molar-refractivity contribution in [2.24, 2.45) is 11.8 Å². The van der Waals surface area contributed by atoms with E-state index < -0.39 is 18.7 Å². The topological polar surface area (TPSA) is 57.2 Å². The highest BCUT2D eigenvalue weighted by atomic mass is 16.8. The number of aliphatic hydroxyl groups excluding tert-OH is 1. The molecule has 0 radical (unpaired) electrons. The highest BCUT2D eigenvalue weighted by Crippen LogP contribution is 2.44. The summed E-state index contributed by atoms with van der Waals surface area (Å²) >= 11 is 0. The van der Waals surface area contributed by atoms with Gasteiger partial charge in [-0.15, -0.1) is 0 Å². The molecule has 1 fully saturated rings. The van der Waals surface area contributed by atoms with Gasteiger partial charge in [0.25, 0.3) is 0 Å². The normalized spacial score (nSPS) is 35.8. The number of rotatable bonds is 5. The summed E-state index contributed by atoms with van der Waals surface area (Å²) in [5.74, 6) is 0.112. The van der Waals surface area contributed by atoms with Gasteiger partial charge in [-0.05, 0) is 51.5 Å². The Hall–Kier alpha value is -1.24. The molecule has 1 aliphatic carbocycles. The summed E-state index contributed by atoms with van der Waals surface area (Å²) in [4.78, 5) is 0. The van der Waals surface area contributed by atoms with Crippen LogP contribution in [-0.2, 0) is 18.9 Å². The first-order valence-electron chi connectivity index (χ1n) is 9.91. The van der Waals surface area contributed by atoms with E-state index in [-0.39, 0.29) is 17.4 Å². The zero-order chi connectivity index (χ0) is 20.9. The fourth-order valence-corrected chi connectivity index (χ4v) is 3.99. The van der Waals surface area contributed by atoms with Gasteiger partial charge in [-0.2, -0.15) is 0 Å². The summed E-state index contributed by atoms with van der Waals surface area (Å²) in [5, 5.41) is 10.4. The van der Waals surface area contributed by atoms with Crippen LogP contribution >= 0.6 is 0 Å². The molecule has 158 valence electrons. The number of aliphatic hydroxyl groups is 1. The van der Waals surface area contributed by atoms with Crippen LogP contribution in [0.3, 0.4) is 0 Å². The van der Waals surface area contributed by atoms with Gasteiger partial charge in [0, 0.05) is 27.2 Å². The molecule has 0 saturated carbocycles. The van der Waals surface area contributed by atoms with E-state index in [1.54, 1.807) is 21.3 Å². The minimum atomic E-state index is -0.529. The highest BCUT2D eigenvalue weighted by molar-refractivity contribution is 5.27. The second-order valence-corrected chi connectivity index (χ2v) is 8.25. The Morgan fingerprint density at radius 1 is 1.25 bits per heavy atom. The fraction of sp³-hybridized carbons (Fsp3) is 0.652. The first kappa shape index (κ1) is 23.0. The Morgan fingerprint density at radius 2 is 1.96 bits per heavy atom. The zero-order valence-electron chi connectivity index (χ0n) is 18.1. The SMILES string of the molecule is C=C1C[C@@H](O)/C=C(\C)CC[C@@H]2/C(=C/C=C/C(C)(C)OC)[C@@H](OC)O[C@H](OC)[C@@H]12. The molecule has 5 atom stereocenters. The molecule has 0 aromatic carbocycles. The zero-order valence-corrected chi connectivity index (χ0v) is 18.1. The molecule has 0 aromatic rings. The number of fused-ring (bicyclic) bond motifs is 1. The van der Waals surface area contributed by atoms with Crippen molar-refractivity contribution in [3.8, 4) is 0 Å². The quantitative estimate of drug-likeness (QED) is 0.713. The van der Waals surface area contributed by atoms with Crippen molar-refractivity contribution in [2.75, 3.05) is 21.3 Å². The maximum absolute atomic E-state index is 10.4. The smallest absolute Gasteiger partial charge is 0.183 e. The van der Waals surface area contributed by atoms with E-state index >= 15 is 0 Å². The molecule has 0 aromatic heterocycles. The largest absolute Gasteiger partial charge is 0.389 e. The molecule has 5 heteroatoms. The molecule has 0 spiro atoms. The lowest BCUT2D eigenvalue weighted by atomic mass is 9.75. The molecule has 1 saturated heterocycles. The maximum atomic E-state index is 10.4. The highest BCUT2D eigenvalue weighted by Gasteiger charge is 2.43. The Balaban J connectivity index is 2.44. The molecule has 5 nitrogen and oxygen atoms in total. The number of methoxy groups -OCH3 is 3. The van der Waals surface area contributed by atoms with Gasteiger partial charge in [-0.1, -0.05) is 42.0 Å². The van der Waals surface area contributed by atoms with Gasteiger partial charge >= 0.3 is 0 Å². The van der Waals surface area contributed by atoms with Crippen molar-refractivity contribution in [1.29, 1.82) is 0 Å². The second kappa shape index (κ2) is 9.99. The van der Waals surface area contributed by atoms with Crippen molar-refractivity contribution in [3.05, 3.63) is 47.6 Å². The lowest BCUT2D eigenvalue weighted by molar-refractivity contribution is -0.256. The van der Waals surface area contributed by atoms with E-state index in [1.807, 2.05) is 32.1 Å². The summed E-state index contributed by atoms with van der Waals surface area (Å²) in [7, 11) is 4.98. The van der Waals surface area contributed by atoms with Gasteiger partial charge in [0.1, 0.15) is 0 Å². The Kier molecular flexibility index (Phi) is 8.22. The van der Waals surface area contributed by atoms with E-state index in [0.29, 0.717) is 6.42 Å². The van der Waals surface area contributed by atoms with E-state index in [4.69, 9.17) is 18.9 Å². The summed E-state index contributed by atoms with van der Waals surface area (Å²) in [5.41, 5.74) is 2.84. The van der Waals surface area contributed by atoms with Crippen molar-refractivity contribution < 1.29 is 24.1 Å². The lowest BCUT2D eigenvalue weighted by Gasteiger charge is -2.43. The van der Waals surface area contributed by atoms with Crippen LogP contribution in [0, 0.1) is 11.8 Å². The van der Waals surface area contributed by atoms with Crippen LogP contribution in [0.4, 0.5) is 0 Å². The van der Waals surface area contributed by atoms with Crippen molar-refractivity contribution in [3.63, 3.8) is 0 Å². The number of hydrogen-bond donors (Lipinski definition) is 1. The molecule has 1 aliphatic heterocycles. The van der Waals surface area contributed by atoms with Gasteiger partial charge in [0.2, 0.25) is 0 Å². The first-order chi connectivity index (χ1) is 13.2. The molecule has 1 heterocycles. The predicted molar refractivity (Wildman–Crippen MR) is 111 cm³/mol. The predicted octanol–water partition coefficient (Wildman–Crippen LogP) is 4.15. The monoisotopic (exact) mass is 392 g/mol. The lowest BCUT2D eigenvalue weighted by Crippen LogP contribution is -2.45. The number of allylic oxidation sites excluding steroid dienone is 3. The van der Waals surface area contributed by atoms with Crippen LogP contribution in [0.1, 0.15) is 40.0 Å². The standard InChI is InChI=1S/C23H36O5/c1-15-10-11-18-19(9-8-12-23(3,4)27-7)21(25-5)28-22(26-6)20(18)16(2)14-17(24)13-15/h8-9,12-13,17-18,20-22,24H,2,10-11,14H2,1,3-7H3/b12-8+,15-13+,19-9-/t17-,18+,20-,21-,22-/m0/s1. The summed E-state index contributed by atoms with van der Waals surface area (Å²) < 4.78 is 22.9. The van der Waals surface area contributed by atoms with E-state index in [9.17, 15) is 5.11 Å². The second-order valence-electron chi connectivity index (χ2n) is 8.25. The van der Waals surface area contributed by atoms with E-state index in [1.165, 1.54) is 5.57 Å². The van der Waals surface area contributed by atoms with Crippen molar-refractivity contribution in [1.82, 2.24) is 0 Å². The minimum absolute atomic E-state index is 0.0413. The molecule has 0 amide bonds.